The van der Waals surface area contributed by atoms with Crippen LogP contribution in [0, 0.1) is 23.2 Å². The molecule has 1 atom stereocenters. The van der Waals surface area contributed by atoms with Crippen molar-refractivity contribution in [2.75, 3.05) is 13.2 Å². The minimum atomic E-state index is -1.04. The van der Waals surface area contributed by atoms with E-state index in [0.717, 1.165) is 17.8 Å². The Kier molecular flexibility index (Phi) is 3.95. The lowest BCUT2D eigenvalue weighted by molar-refractivity contribution is -0.144. The van der Waals surface area contributed by atoms with Crippen LogP contribution >= 0.6 is 0 Å². The summed E-state index contributed by atoms with van der Waals surface area (Å²) >= 11 is 0. The third kappa shape index (κ3) is 3.07. The van der Waals surface area contributed by atoms with Crippen LogP contribution in [0.3, 0.4) is 0 Å². The summed E-state index contributed by atoms with van der Waals surface area (Å²) in [4.78, 5) is 22.3. The Balaban J connectivity index is 1.54. The lowest BCUT2D eigenvalue weighted by Gasteiger charge is -2.59. The molecule has 5 nitrogen and oxygen atoms in total. The highest BCUT2D eigenvalue weighted by molar-refractivity contribution is 5.78. The Morgan fingerprint density at radius 2 is 1.67 bits per heavy atom. The molecule has 0 aromatic carbocycles. The molecule has 0 radical (unpaired) electrons. The van der Waals surface area contributed by atoms with E-state index in [1.807, 2.05) is 0 Å². The molecule has 4 aliphatic carbocycles. The smallest absolute Gasteiger partial charge is 0.329 e. The number of aliphatic carboxylic acids is 1. The maximum atomic E-state index is 11.9. The normalized spacial score (nSPS) is 38.2. The number of carboxylic acid groups (broad SMARTS) is 1. The standard InChI is InChI=1S/C16H25NO4/c1-10(17-14(18)8-21-9-15(19)20)16-5-11-2-12(6-16)4-13(3-11)7-16/h10-13H,2-9H2,1H3,(H,17,18)(H,19,20). The first kappa shape index (κ1) is 14.8. The zero-order chi connectivity index (χ0) is 15.0. The Bertz CT molecular complexity index is 399. The summed E-state index contributed by atoms with van der Waals surface area (Å²) in [7, 11) is 0. The van der Waals surface area contributed by atoms with Gasteiger partial charge in [0.2, 0.25) is 5.91 Å². The molecular formula is C16H25NO4. The van der Waals surface area contributed by atoms with Crippen LogP contribution in [0.2, 0.25) is 0 Å². The first-order valence-electron chi connectivity index (χ1n) is 8.06. The zero-order valence-corrected chi connectivity index (χ0v) is 12.6. The molecule has 4 saturated carbocycles. The van der Waals surface area contributed by atoms with Gasteiger partial charge in [0.05, 0.1) is 0 Å². The summed E-state index contributed by atoms with van der Waals surface area (Å²) in [6.07, 6.45) is 7.91. The molecule has 0 heterocycles. The summed E-state index contributed by atoms with van der Waals surface area (Å²) in [5, 5.41) is 11.6. The van der Waals surface area contributed by atoms with Gasteiger partial charge in [-0.05, 0) is 68.6 Å². The van der Waals surface area contributed by atoms with E-state index in [1.54, 1.807) is 0 Å². The van der Waals surface area contributed by atoms with Crippen LogP contribution in [0.1, 0.15) is 45.4 Å². The zero-order valence-electron chi connectivity index (χ0n) is 12.6. The predicted octanol–water partition coefficient (Wildman–Crippen LogP) is 1.81. The quantitative estimate of drug-likeness (QED) is 0.783. The van der Waals surface area contributed by atoms with Crippen molar-refractivity contribution in [3.63, 3.8) is 0 Å². The van der Waals surface area contributed by atoms with Gasteiger partial charge in [-0.1, -0.05) is 0 Å². The van der Waals surface area contributed by atoms with Crippen LogP contribution in [0.5, 0.6) is 0 Å². The highest BCUT2D eigenvalue weighted by atomic mass is 16.5. The molecule has 0 aromatic rings. The number of hydrogen-bond acceptors (Lipinski definition) is 3. The molecule has 0 aliphatic heterocycles. The van der Waals surface area contributed by atoms with E-state index in [-0.39, 0.29) is 24.0 Å². The van der Waals surface area contributed by atoms with Crippen LogP contribution in [0.4, 0.5) is 0 Å². The molecule has 4 bridgehead atoms. The van der Waals surface area contributed by atoms with Gasteiger partial charge in [0.1, 0.15) is 13.2 Å². The summed E-state index contributed by atoms with van der Waals surface area (Å²) < 4.78 is 4.87. The van der Waals surface area contributed by atoms with E-state index in [1.165, 1.54) is 38.5 Å². The Hall–Kier alpha value is -1.10. The van der Waals surface area contributed by atoms with E-state index in [2.05, 4.69) is 12.2 Å². The summed E-state index contributed by atoms with van der Waals surface area (Å²) in [6.45, 7) is 1.53. The first-order valence-corrected chi connectivity index (χ1v) is 8.06. The average Bonchev–Trinajstić information content (AvgIpc) is 2.36. The van der Waals surface area contributed by atoms with Crippen LogP contribution in [-0.4, -0.2) is 36.2 Å². The monoisotopic (exact) mass is 295 g/mol. The van der Waals surface area contributed by atoms with Gasteiger partial charge in [-0.3, -0.25) is 4.79 Å². The number of nitrogens with one attached hydrogen (secondary N) is 1. The lowest BCUT2D eigenvalue weighted by atomic mass is 9.48. The van der Waals surface area contributed by atoms with E-state index >= 15 is 0 Å². The average molecular weight is 295 g/mol. The molecule has 2 N–H and O–H groups in total. The Morgan fingerprint density at radius 3 is 2.14 bits per heavy atom. The van der Waals surface area contributed by atoms with E-state index in [4.69, 9.17) is 9.84 Å². The number of carbonyl (C=O) groups is 2. The van der Waals surface area contributed by atoms with Gasteiger partial charge in [-0.25, -0.2) is 4.79 Å². The molecule has 118 valence electrons. The van der Waals surface area contributed by atoms with Crippen molar-refractivity contribution in [2.45, 2.75) is 51.5 Å². The van der Waals surface area contributed by atoms with Gasteiger partial charge in [0.15, 0.2) is 0 Å². The number of amides is 1. The van der Waals surface area contributed by atoms with E-state index in [0.29, 0.717) is 0 Å². The molecule has 5 heteroatoms. The summed E-state index contributed by atoms with van der Waals surface area (Å²) in [6, 6.07) is 0.159. The number of ether oxygens (including phenoxy) is 1. The number of carboxylic acids is 1. The molecule has 0 aromatic heterocycles. The fourth-order valence-corrected chi connectivity index (χ4v) is 5.38. The molecule has 0 spiro atoms. The minimum absolute atomic E-state index is 0.159. The lowest BCUT2D eigenvalue weighted by Crippen LogP contribution is -2.56. The van der Waals surface area contributed by atoms with Crippen LogP contribution < -0.4 is 5.32 Å². The third-order valence-electron chi connectivity index (χ3n) is 5.84. The minimum Gasteiger partial charge on any atom is -0.480 e. The van der Waals surface area contributed by atoms with Crippen LogP contribution in [-0.2, 0) is 14.3 Å². The van der Waals surface area contributed by atoms with Gasteiger partial charge < -0.3 is 15.2 Å². The SMILES string of the molecule is CC(NC(=O)COCC(=O)O)C12CC3CC(CC(C3)C1)C2. The second-order valence-corrected chi connectivity index (χ2v) is 7.46. The second kappa shape index (κ2) is 5.59. The van der Waals surface area contributed by atoms with Crippen molar-refractivity contribution in [3.05, 3.63) is 0 Å². The van der Waals surface area contributed by atoms with Gasteiger partial charge in [0, 0.05) is 6.04 Å². The largest absolute Gasteiger partial charge is 0.480 e. The van der Waals surface area contributed by atoms with Gasteiger partial charge in [0.25, 0.3) is 0 Å². The van der Waals surface area contributed by atoms with Crippen LogP contribution in [0.25, 0.3) is 0 Å². The maximum absolute atomic E-state index is 11.9. The van der Waals surface area contributed by atoms with Crippen molar-refractivity contribution >= 4 is 11.9 Å². The maximum Gasteiger partial charge on any atom is 0.329 e. The fraction of sp³-hybridized carbons (Fsp3) is 0.875. The molecular weight excluding hydrogens is 270 g/mol. The Labute approximate surface area is 125 Å². The molecule has 0 saturated heterocycles. The van der Waals surface area contributed by atoms with Crippen molar-refractivity contribution in [1.82, 2.24) is 5.32 Å². The van der Waals surface area contributed by atoms with Crippen molar-refractivity contribution in [2.24, 2.45) is 23.2 Å². The predicted molar refractivity (Wildman–Crippen MR) is 76.7 cm³/mol. The molecule has 1 amide bonds. The number of rotatable bonds is 6. The molecule has 4 fully saturated rings. The molecule has 1 unspecified atom stereocenters. The topological polar surface area (TPSA) is 75.6 Å². The molecule has 4 rings (SSSR count). The fourth-order valence-electron chi connectivity index (χ4n) is 5.38. The number of carbonyl (C=O) groups excluding carboxylic acids is 1. The summed E-state index contributed by atoms with van der Waals surface area (Å²) in [5.74, 6) is 1.34. The first-order chi connectivity index (χ1) is 9.97. The van der Waals surface area contributed by atoms with Gasteiger partial charge >= 0.3 is 5.97 Å². The van der Waals surface area contributed by atoms with E-state index < -0.39 is 12.6 Å². The van der Waals surface area contributed by atoms with Crippen molar-refractivity contribution in [3.8, 4) is 0 Å². The highest BCUT2D eigenvalue weighted by Gasteiger charge is 2.53. The van der Waals surface area contributed by atoms with Crippen molar-refractivity contribution < 1.29 is 19.4 Å². The molecule has 4 aliphatic rings. The summed E-state index contributed by atoms with van der Waals surface area (Å²) in [5.41, 5.74) is 0.275. The van der Waals surface area contributed by atoms with Crippen molar-refractivity contribution in [1.29, 1.82) is 0 Å². The number of hydrogen-bond donors (Lipinski definition) is 2. The van der Waals surface area contributed by atoms with E-state index in [9.17, 15) is 9.59 Å². The highest BCUT2D eigenvalue weighted by Crippen LogP contribution is 2.61. The van der Waals surface area contributed by atoms with Gasteiger partial charge in [-0.15, -0.1) is 0 Å². The van der Waals surface area contributed by atoms with Gasteiger partial charge in [-0.2, -0.15) is 0 Å². The molecule has 21 heavy (non-hydrogen) atoms. The van der Waals surface area contributed by atoms with Crippen LogP contribution in [0.15, 0.2) is 0 Å². The Morgan fingerprint density at radius 1 is 1.14 bits per heavy atom. The second-order valence-electron chi connectivity index (χ2n) is 7.46. The third-order valence-corrected chi connectivity index (χ3v) is 5.84.